The molecule has 2 saturated heterocycles. The van der Waals surface area contributed by atoms with E-state index in [0.717, 1.165) is 11.1 Å². The third-order valence-electron chi connectivity index (χ3n) is 5.80. The van der Waals surface area contributed by atoms with Crippen molar-refractivity contribution in [3.63, 3.8) is 0 Å². The van der Waals surface area contributed by atoms with Gasteiger partial charge >= 0.3 is 0 Å². The van der Waals surface area contributed by atoms with Crippen LogP contribution >= 0.6 is 0 Å². The predicted molar refractivity (Wildman–Crippen MR) is 114 cm³/mol. The maximum absolute atomic E-state index is 12.8. The van der Waals surface area contributed by atoms with Gasteiger partial charge < -0.3 is 14.2 Å². The van der Waals surface area contributed by atoms with Crippen LogP contribution in [0.5, 0.6) is 5.75 Å². The molecule has 32 heavy (non-hydrogen) atoms. The van der Waals surface area contributed by atoms with Gasteiger partial charge in [0.25, 0.3) is 0 Å². The second-order valence-electron chi connectivity index (χ2n) is 7.88. The molecule has 11 heteroatoms. The normalized spacial score (nSPS) is 25.1. The van der Waals surface area contributed by atoms with Gasteiger partial charge in [-0.15, -0.1) is 5.10 Å². The minimum atomic E-state index is -3.70. The molecule has 5 rings (SSSR count). The summed E-state index contributed by atoms with van der Waals surface area (Å²) in [5.74, 6) is 1.26. The van der Waals surface area contributed by atoms with Gasteiger partial charge in [-0.2, -0.15) is 0 Å². The van der Waals surface area contributed by atoms with Gasteiger partial charge in [-0.05, 0) is 41.6 Å². The van der Waals surface area contributed by atoms with Crippen LogP contribution in [0.3, 0.4) is 0 Å². The molecule has 3 aromatic rings. The molecule has 2 aromatic carbocycles. The van der Waals surface area contributed by atoms with E-state index >= 15 is 0 Å². The van der Waals surface area contributed by atoms with Gasteiger partial charge in [-0.1, -0.05) is 29.8 Å². The number of benzene rings is 2. The van der Waals surface area contributed by atoms with Crippen LogP contribution in [0.25, 0.3) is 11.4 Å². The van der Waals surface area contributed by atoms with Crippen LogP contribution in [0.2, 0.25) is 0 Å². The lowest BCUT2D eigenvalue weighted by atomic mass is 10.1. The van der Waals surface area contributed by atoms with E-state index in [1.807, 2.05) is 31.2 Å². The van der Waals surface area contributed by atoms with Crippen molar-refractivity contribution < 1.29 is 22.6 Å². The van der Waals surface area contributed by atoms with Gasteiger partial charge in [-0.25, -0.2) is 17.8 Å². The van der Waals surface area contributed by atoms with Crippen LogP contribution in [0, 0.1) is 6.92 Å². The molecule has 168 valence electrons. The first-order valence-corrected chi connectivity index (χ1v) is 11.7. The molecule has 10 nitrogen and oxygen atoms in total. The minimum Gasteiger partial charge on any atom is -0.497 e. The molecule has 0 radical (unpaired) electrons. The Kier molecular flexibility index (Phi) is 5.41. The number of hydrogen-bond donors (Lipinski definition) is 1. The average Bonchev–Trinajstić information content (AvgIpc) is 3.51. The van der Waals surface area contributed by atoms with Crippen LogP contribution in [-0.4, -0.2) is 67.2 Å². The number of nitrogens with one attached hydrogen (secondary N) is 1. The number of aromatic nitrogens is 4. The van der Waals surface area contributed by atoms with E-state index in [1.165, 1.54) is 0 Å². The monoisotopic (exact) mass is 457 g/mol. The first-order valence-electron chi connectivity index (χ1n) is 10.2. The molecule has 0 saturated carbocycles. The third-order valence-corrected chi connectivity index (χ3v) is 7.31. The van der Waals surface area contributed by atoms with Crippen LogP contribution in [0.1, 0.15) is 11.6 Å². The minimum absolute atomic E-state index is 0.202. The summed E-state index contributed by atoms with van der Waals surface area (Å²) in [6, 6.07) is 13.4. The smallest absolute Gasteiger partial charge is 0.240 e. The summed E-state index contributed by atoms with van der Waals surface area (Å²) < 4.78 is 47.3. The summed E-state index contributed by atoms with van der Waals surface area (Å²) in [6.07, 6.45) is -0.823. The summed E-state index contributed by atoms with van der Waals surface area (Å²) in [6.45, 7) is 2.41. The number of fused-ring (bicyclic) bond motifs is 1. The highest BCUT2D eigenvalue weighted by Crippen LogP contribution is 2.36. The quantitative estimate of drug-likeness (QED) is 0.589. The summed E-state index contributed by atoms with van der Waals surface area (Å²) in [5.41, 5.74) is 1.79. The number of nitrogens with zero attached hydrogens (tertiary/aromatic N) is 4. The summed E-state index contributed by atoms with van der Waals surface area (Å²) in [4.78, 5) is 0.210. The van der Waals surface area contributed by atoms with E-state index in [2.05, 4.69) is 20.2 Å². The maximum Gasteiger partial charge on any atom is 0.240 e. The Morgan fingerprint density at radius 2 is 1.88 bits per heavy atom. The SMILES string of the molecule is COc1cccc(-c2nnnn2[C@H]2CO[C@H]3[C@H]2OC[C@H]3NS(=O)(=O)c2ccc(C)cc2)c1. The second-order valence-corrected chi connectivity index (χ2v) is 9.60. The fraction of sp³-hybridized carbons (Fsp3) is 0.381. The molecule has 0 aliphatic carbocycles. The first kappa shape index (κ1) is 21.0. The molecule has 3 heterocycles. The van der Waals surface area contributed by atoms with Gasteiger partial charge in [-0.3, -0.25) is 0 Å². The molecule has 2 fully saturated rings. The predicted octanol–water partition coefficient (Wildman–Crippen LogP) is 1.34. The number of rotatable bonds is 6. The van der Waals surface area contributed by atoms with E-state index in [1.54, 1.807) is 36.1 Å². The Bertz CT molecular complexity index is 1210. The third kappa shape index (κ3) is 3.77. The van der Waals surface area contributed by atoms with E-state index in [9.17, 15) is 8.42 Å². The maximum atomic E-state index is 12.8. The molecule has 0 amide bonds. The molecule has 4 atom stereocenters. The standard InChI is InChI=1S/C21H23N5O5S/c1-13-6-8-16(9-7-13)32(27,28)23-17-11-30-20-18(12-31-19(17)20)26-21(22-24-25-26)14-4-3-5-15(10-14)29-2/h3-10,17-20,23H,11-12H2,1-2H3/t17-,18+,19-,20+/m1/s1. The molecule has 1 aromatic heterocycles. The molecule has 2 aliphatic rings. The van der Waals surface area contributed by atoms with Crippen molar-refractivity contribution in [3.05, 3.63) is 54.1 Å². The van der Waals surface area contributed by atoms with Gasteiger partial charge in [0.1, 0.15) is 24.0 Å². The van der Waals surface area contributed by atoms with Crippen LogP contribution in [0.4, 0.5) is 0 Å². The van der Waals surface area contributed by atoms with E-state index < -0.39 is 22.2 Å². The molecule has 2 aliphatic heterocycles. The van der Waals surface area contributed by atoms with Crippen molar-refractivity contribution in [2.24, 2.45) is 0 Å². The zero-order valence-electron chi connectivity index (χ0n) is 17.6. The van der Waals surface area contributed by atoms with Crippen molar-refractivity contribution in [2.45, 2.75) is 36.1 Å². The van der Waals surface area contributed by atoms with E-state index in [4.69, 9.17) is 14.2 Å². The highest BCUT2D eigenvalue weighted by atomic mass is 32.2. The van der Waals surface area contributed by atoms with E-state index in [-0.39, 0.29) is 23.6 Å². The van der Waals surface area contributed by atoms with Crippen molar-refractivity contribution in [1.29, 1.82) is 0 Å². The lowest BCUT2D eigenvalue weighted by molar-refractivity contribution is 0.0626. The highest BCUT2D eigenvalue weighted by Gasteiger charge is 2.50. The Hall–Kier alpha value is -2.86. The van der Waals surface area contributed by atoms with Crippen LogP contribution in [-0.2, 0) is 19.5 Å². The molecule has 0 unspecified atom stereocenters. The van der Waals surface area contributed by atoms with Crippen molar-refractivity contribution in [3.8, 4) is 17.1 Å². The van der Waals surface area contributed by atoms with Gasteiger partial charge in [0.15, 0.2) is 5.82 Å². The van der Waals surface area contributed by atoms with Crippen LogP contribution < -0.4 is 9.46 Å². The number of hydrogen-bond acceptors (Lipinski definition) is 8. The molecule has 0 spiro atoms. The lowest BCUT2D eigenvalue weighted by Gasteiger charge is -2.18. The van der Waals surface area contributed by atoms with Gasteiger partial charge in [0, 0.05) is 5.56 Å². The molecular weight excluding hydrogens is 434 g/mol. The number of aryl methyl sites for hydroxylation is 1. The summed E-state index contributed by atoms with van der Waals surface area (Å²) in [5, 5.41) is 12.2. The zero-order valence-corrected chi connectivity index (χ0v) is 18.4. The molecular formula is C21H23N5O5S. The average molecular weight is 458 g/mol. The Morgan fingerprint density at radius 3 is 2.66 bits per heavy atom. The summed E-state index contributed by atoms with van der Waals surface area (Å²) in [7, 11) is -2.10. The molecule has 1 N–H and O–H groups in total. The van der Waals surface area contributed by atoms with Gasteiger partial charge in [0.05, 0.1) is 31.3 Å². The summed E-state index contributed by atoms with van der Waals surface area (Å²) >= 11 is 0. The van der Waals surface area contributed by atoms with Crippen molar-refractivity contribution >= 4 is 10.0 Å². The van der Waals surface area contributed by atoms with Crippen molar-refractivity contribution in [1.82, 2.24) is 24.9 Å². The number of sulfonamides is 1. The fourth-order valence-electron chi connectivity index (χ4n) is 4.14. The lowest BCUT2D eigenvalue weighted by Crippen LogP contribution is -2.44. The number of tetrazole rings is 1. The molecule has 0 bridgehead atoms. The topological polar surface area (TPSA) is 117 Å². The Balaban J connectivity index is 1.35. The largest absolute Gasteiger partial charge is 0.497 e. The van der Waals surface area contributed by atoms with Crippen LogP contribution in [0.15, 0.2) is 53.4 Å². The second kappa shape index (κ2) is 8.24. The fourth-order valence-corrected chi connectivity index (χ4v) is 5.37. The van der Waals surface area contributed by atoms with Crippen molar-refractivity contribution in [2.75, 3.05) is 20.3 Å². The zero-order chi connectivity index (χ0) is 22.3. The first-order chi connectivity index (χ1) is 15.5. The van der Waals surface area contributed by atoms with E-state index in [0.29, 0.717) is 18.2 Å². The van der Waals surface area contributed by atoms with Gasteiger partial charge in [0.2, 0.25) is 10.0 Å². The Morgan fingerprint density at radius 1 is 1.09 bits per heavy atom. The highest BCUT2D eigenvalue weighted by molar-refractivity contribution is 7.89. The number of methoxy groups -OCH3 is 1. The number of ether oxygens (including phenoxy) is 3. The Labute approximate surface area is 185 Å².